The highest BCUT2D eigenvalue weighted by Gasteiger charge is 2.20. The molecule has 1 aromatic carbocycles. The van der Waals surface area contributed by atoms with E-state index in [0.717, 1.165) is 0 Å². The molecule has 0 bridgehead atoms. The van der Waals surface area contributed by atoms with E-state index in [1.165, 1.54) is 18.2 Å². The fraction of sp³-hybridized carbons (Fsp3) is 0.385. The van der Waals surface area contributed by atoms with Crippen LogP contribution in [0.5, 0.6) is 0 Å². The number of benzene rings is 1. The Morgan fingerprint density at radius 3 is 2.67 bits per heavy atom. The molecule has 3 nitrogen and oxygen atoms in total. The Morgan fingerprint density at radius 2 is 2.00 bits per heavy atom. The molecule has 0 spiro atoms. The first-order chi connectivity index (χ1) is 8.56. The van der Waals surface area contributed by atoms with Crippen LogP contribution < -0.4 is 0 Å². The van der Waals surface area contributed by atoms with Gasteiger partial charge in [0.1, 0.15) is 11.6 Å². The quantitative estimate of drug-likeness (QED) is 0.791. The van der Waals surface area contributed by atoms with Crippen molar-refractivity contribution in [3.05, 3.63) is 34.6 Å². The van der Waals surface area contributed by atoms with E-state index in [9.17, 15) is 14.0 Å². The Hall–Kier alpha value is -1.26. The van der Waals surface area contributed by atoms with Crippen LogP contribution in [0.25, 0.3) is 0 Å². The second kappa shape index (κ2) is 5.59. The summed E-state index contributed by atoms with van der Waals surface area (Å²) in [5, 5.41) is 0.341. The summed E-state index contributed by atoms with van der Waals surface area (Å²) in [6, 6.07) is 3.94. The van der Waals surface area contributed by atoms with Crippen molar-refractivity contribution in [3.63, 3.8) is 0 Å². The minimum Gasteiger partial charge on any atom is -0.300 e. The van der Waals surface area contributed by atoms with Crippen molar-refractivity contribution in [1.82, 2.24) is 4.90 Å². The van der Waals surface area contributed by atoms with Crippen molar-refractivity contribution in [1.29, 1.82) is 0 Å². The van der Waals surface area contributed by atoms with Gasteiger partial charge in [0, 0.05) is 31.0 Å². The van der Waals surface area contributed by atoms with Crippen LogP contribution >= 0.6 is 11.6 Å². The molecular weight excluding hydrogens is 257 g/mol. The molecule has 0 radical (unpaired) electrons. The van der Waals surface area contributed by atoms with E-state index in [-0.39, 0.29) is 23.7 Å². The molecule has 0 aliphatic carbocycles. The summed E-state index contributed by atoms with van der Waals surface area (Å²) in [5.74, 6) is -0.644. The maximum atomic E-state index is 13.5. The molecule has 0 atom stereocenters. The molecule has 18 heavy (non-hydrogen) atoms. The predicted octanol–water partition coefficient (Wildman–Crippen LogP) is 2.33. The molecule has 2 rings (SSSR count). The molecule has 0 unspecified atom stereocenters. The lowest BCUT2D eigenvalue weighted by atomic mass is 10.1. The van der Waals surface area contributed by atoms with Crippen LogP contribution in [0.2, 0.25) is 5.02 Å². The summed E-state index contributed by atoms with van der Waals surface area (Å²) in [6.45, 7) is 1.25. The lowest BCUT2D eigenvalue weighted by Gasteiger charge is -2.24. The van der Waals surface area contributed by atoms with Crippen molar-refractivity contribution in [2.45, 2.75) is 12.8 Å². The molecule has 0 N–H and O–H groups in total. The average molecular weight is 270 g/mol. The van der Waals surface area contributed by atoms with Gasteiger partial charge in [-0.1, -0.05) is 11.6 Å². The summed E-state index contributed by atoms with van der Waals surface area (Å²) in [7, 11) is 0. The number of hydrogen-bond acceptors (Lipinski definition) is 3. The van der Waals surface area contributed by atoms with Crippen molar-refractivity contribution in [2.75, 3.05) is 19.6 Å². The number of hydrogen-bond donors (Lipinski definition) is 0. The molecule has 96 valence electrons. The normalized spacial score (nSPS) is 16.9. The van der Waals surface area contributed by atoms with Gasteiger partial charge in [0.15, 0.2) is 5.78 Å². The summed E-state index contributed by atoms with van der Waals surface area (Å²) >= 11 is 5.75. The van der Waals surface area contributed by atoms with E-state index >= 15 is 0 Å². The molecule has 0 aromatic heterocycles. The molecule has 5 heteroatoms. The number of carbonyl (C=O) groups excluding carboxylic acids is 2. The lowest BCUT2D eigenvalue weighted by Crippen LogP contribution is -2.37. The number of likely N-dealkylation sites (tertiary alicyclic amines) is 1. The molecule has 1 saturated heterocycles. The van der Waals surface area contributed by atoms with Crippen molar-refractivity contribution in [2.24, 2.45) is 0 Å². The van der Waals surface area contributed by atoms with Gasteiger partial charge >= 0.3 is 0 Å². The third kappa shape index (κ3) is 3.15. The van der Waals surface area contributed by atoms with Crippen LogP contribution in [0.3, 0.4) is 0 Å². The zero-order valence-corrected chi connectivity index (χ0v) is 10.5. The molecule has 1 aliphatic rings. The van der Waals surface area contributed by atoms with Gasteiger partial charge in [-0.15, -0.1) is 0 Å². The predicted molar refractivity (Wildman–Crippen MR) is 66.4 cm³/mol. The van der Waals surface area contributed by atoms with Crippen LogP contribution in [0.15, 0.2) is 18.2 Å². The summed E-state index contributed by atoms with van der Waals surface area (Å²) in [5.41, 5.74) is 0.0133. The fourth-order valence-electron chi connectivity index (χ4n) is 1.96. The number of piperidine rings is 1. The number of rotatable bonds is 3. The van der Waals surface area contributed by atoms with Gasteiger partial charge in [-0.25, -0.2) is 4.39 Å². The Balaban J connectivity index is 2.03. The van der Waals surface area contributed by atoms with Crippen LogP contribution in [-0.4, -0.2) is 36.1 Å². The van der Waals surface area contributed by atoms with Crippen molar-refractivity contribution < 1.29 is 14.0 Å². The van der Waals surface area contributed by atoms with Gasteiger partial charge < -0.3 is 0 Å². The number of carbonyl (C=O) groups is 2. The molecular formula is C13H13ClFNO2. The number of ketones is 2. The first-order valence-corrected chi connectivity index (χ1v) is 6.16. The zero-order valence-electron chi connectivity index (χ0n) is 9.79. The molecule has 1 aromatic rings. The molecule has 1 fully saturated rings. The summed E-state index contributed by atoms with van der Waals surface area (Å²) < 4.78 is 13.5. The minimum absolute atomic E-state index is 0.0133. The maximum absolute atomic E-state index is 13.5. The largest absolute Gasteiger partial charge is 0.300 e. The minimum atomic E-state index is -0.558. The highest BCUT2D eigenvalue weighted by atomic mass is 35.5. The topological polar surface area (TPSA) is 37.4 Å². The number of nitrogens with zero attached hydrogens (tertiary/aromatic N) is 1. The fourth-order valence-corrected chi connectivity index (χ4v) is 2.13. The van der Waals surface area contributed by atoms with Crippen LogP contribution in [-0.2, 0) is 4.79 Å². The highest BCUT2D eigenvalue weighted by molar-refractivity contribution is 6.31. The molecule has 1 heterocycles. The SMILES string of the molecule is O=C1CCN(CC(=O)c2cc(Cl)ccc2F)CC1. The third-order valence-corrected chi connectivity index (χ3v) is 3.24. The third-order valence-electron chi connectivity index (χ3n) is 3.01. The van der Waals surface area contributed by atoms with Gasteiger partial charge in [0.2, 0.25) is 0 Å². The molecule has 1 aliphatic heterocycles. The Bertz CT molecular complexity index is 480. The second-order valence-electron chi connectivity index (χ2n) is 4.36. The van der Waals surface area contributed by atoms with E-state index in [1.807, 2.05) is 4.90 Å². The van der Waals surface area contributed by atoms with Gasteiger partial charge in [0.25, 0.3) is 0 Å². The average Bonchev–Trinajstić information content (AvgIpc) is 2.35. The molecule has 0 saturated carbocycles. The van der Waals surface area contributed by atoms with E-state index in [0.29, 0.717) is 31.0 Å². The van der Waals surface area contributed by atoms with E-state index < -0.39 is 5.82 Å². The van der Waals surface area contributed by atoms with E-state index in [1.54, 1.807) is 0 Å². The highest BCUT2D eigenvalue weighted by Crippen LogP contribution is 2.16. The standard InChI is InChI=1S/C13H13ClFNO2/c14-9-1-2-12(15)11(7-9)13(18)8-16-5-3-10(17)4-6-16/h1-2,7H,3-6,8H2. The van der Waals surface area contributed by atoms with Crippen LogP contribution in [0.4, 0.5) is 4.39 Å². The smallest absolute Gasteiger partial charge is 0.179 e. The van der Waals surface area contributed by atoms with Gasteiger partial charge in [-0.2, -0.15) is 0 Å². The van der Waals surface area contributed by atoms with Gasteiger partial charge in [-0.05, 0) is 18.2 Å². The Morgan fingerprint density at radius 1 is 1.33 bits per heavy atom. The number of Topliss-reactive ketones (excluding diaryl/α,β-unsaturated/α-hetero) is 2. The maximum Gasteiger partial charge on any atom is 0.179 e. The first kappa shape index (κ1) is 13.2. The van der Waals surface area contributed by atoms with Gasteiger partial charge in [0.05, 0.1) is 12.1 Å². The lowest BCUT2D eigenvalue weighted by molar-refractivity contribution is -0.121. The van der Waals surface area contributed by atoms with Gasteiger partial charge in [-0.3, -0.25) is 14.5 Å². The monoisotopic (exact) mass is 269 g/mol. The number of halogens is 2. The van der Waals surface area contributed by atoms with Crippen molar-refractivity contribution in [3.8, 4) is 0 Å². The van der Waals surface area contributed by atoms with Crippen molar-refractivity contribution >= 4 is 23.2 Å². The van der Waals surface area contributed by atoms with Crippen LogP contribution in [0, 0.1) is 5.82 Å². The second-order valence-corrected chi connectivity index (χ2v) is 4.80. The van der Waals surface area contributed by atoms with E-state index in [2.05, 4.69) is 0 Å². The first-order valence-electron chi connectivity index (χ1n) is 5.78. The summed E-state index contributed by atoms with van der Waals surface area (Å²) in [6.07, 6.45) is 0.927. The van der Waals surface area contributed by atoms with E-state index in [4.69, 9.17) is 11.6 Å². The van der Waals surface area contributed by atoms with Crippen LogP contribution in [0.1, 0.15) is 23.2 Å². The zero-order chi connectivity index (χ0) is 13.1. The molecule has 0 amide bonds. The Labute approximate surface area is 110 Å². The summed E-state index contributed by atoms with van der Waals surface area (Å²) in [4.78, 5) is 24.9. The Kier molecular flexibility index (Phi) is 4.09.